The fraction of sp³-hybridized carbons (Fsp3) is 0.0714. The van der Waals surface area contributed by atoms with Crippen molar-refractivity contribution in [2.24, 2.45) is 0 Å². The van der Waals surface area contributed by atoms with Crippen molar-refractivity contribution in [1.82, 2.24) is 0 Å². The Bertz CT molecular complexity index is 2010. The average molecular weight is 751 g/mol. The summed E-state index contributed by atoms with van der Waals surface area (Å²) in [4.78, 5) is 36.2. The summed E-state index contributed by atoms with van der Waals surface area (Å²) in [7, 11) is 0. The third-order valence-corrected chi connectivity index (χ3v) is 7.64. The van der Waals surface area contributed by atoms with Gasteiger partial charge in [0.05, 0.1) is 0 Å². The van der Waals surface area contributed by atoms with E-state index in [1.165, 1.54) is 0 Å². The maximum absolute atomic E-state index is 12.2. The van der Waals surface area contributed by atoms with Crippen LogP contribution in [0.5, 0.6) is 0 Å². The van der Waals surface area contributed by atoms with Crippen LogP contribution in [0.4, 0.5) is 0 Å². The van der Waals surface area contributed by atoms with Gasteiger partial charge in [0.2, 0.25) is 0 Å². The minimum absolute atomic E-state index is 0.152. The molecular formula is C42H34Br2O3. The Morgan fingerprint density at radius 3 is 1.06 bits per heavy atom. The lowest BCUT2D eigenvalue weighted by molar-refractivity contribution is 0.0984. The molecule has 6 aromatic rings. The number of Topliss-reactive ketones (excluding diaryl/α,β-unsaturated/α-hetero) is 3. The van der Waals surface area contributed by atoms with Crippen molar-refractivity contribution in [2.45, 2.75) is 19.2 Å². The number of ketones is 3. The van der Waals surface area contributed by atoms with Crippen LogP contribution in [-0.2, 0) is 19.2 Å². The highest BCUT2D eigenvalue weighted by atomic mass is 79.9. The monoisotopic (exact) mass is 748 g/mol. The minimum atomic E-state index is -2.00. The topological polar surface area (TPSA) is 51.2 Å². The highest BCUT2D eigenvalue weighted by Crippen LogP contribution is 2.14. The SMILES string of the molecule is O=C(Cc1ccccc1)c1ccc(Br)cc1.[2H]C([2H])(C(=O)c1ccc(Br)cc1)c1ccccc1.[2H]C([2H])(C(=O)c1ccccc1)c1ccccc1. The van der Waals surface area contributed by atoms with Crippen LogP contribution >= 0.6 is 31.9 Å². The van der Waals surface area contributed by atoms with Crippen molar-refractivity contribution < 1.29 is 19.9 Å². The minimum Gasteiger partial charge on any atom is -0.294 e. The number of hydrogen-bond donors (Lipinski definition) is 0. The molecule has 6 rings (SSSR count). The molecule has 0 aromatic heterocycles. The average Bonchev–Trinajstić information content (AvgIpc) is 3.17. The van der Waals surface area contributed by atoms with Gasteiger partial charge in [0.15, 0.2) is 17.3 Å². The normalized spacial score (nSPS) is 11.9. The summed E-state index contributed by atoms with van der Waals surface area (Å²) in [5, 5.41) is 0. The summed E-state index contributed by atoms with van der Waals surface area (Å²) in [5.74, 6) is -0.885. The van der Waals surface area contributed by atoms with E-state index in [9.17, 15) is 14.4 Å². The lowest BCUT2D eigenvalue weighted by atomic mass is 10.0. The van der Waals surface area contributed by atoms with Crippen LogP contribution < -0.4 is 0 Å². The number of hydrogen-bond acceptors (Lipinski definition) is 3. The Balaban J connectivity index is 0.000000172. The van der Waals surface area contributed by atoms with Gasteiger partial charge in [-0.2, -0.15) is 0 Å². The van der Waals surface area contributed by atoms with Gasteiger partial charge in [0.25, 0.3) is 0 Å². The van der Waals surface area contributed by atoms with Gasteiger partial charge in [0, 0.05) is 50.3 Å². The van der Waals surface area contributed by atoms with Gasteiger partial charge in [-0.25, -0.2) is 0 Å². The molecule has 0 saturated carbocycles. The highest BCUT2D eigenvalue weighted by Gasteiger charge is 2.08. The molecule has 0 saturated heterocycles. The molecular weight excluding hydrogens is 712 g/mol. The first-order chi connectivity index (χ1) is 24.4. The molecule has 0 fully saturated rings. The summed E-state index contributed by atoms with van der Waals surface area (Å²) < 4.78 is 33.6. The molecule has 0 atom stereocenters. The van der Waals surface area contributed by atoms with Crippen LogP contribution in [0.2, 0.25) is 0 Å². The Kier molecular flexibility index (Phi) is 12.0. The molecule has 0 aliphatic heterocycles. The van der Waals surface area contributed by atoms with E-state index in [0.717, 1.165) is 20.1 Å². The van der Waals surface area contributed by atoms with Crippen molar-refractivity contribution in [3.8, 4) is 0 Å². The molecule has 3 nitrogen and oxygen atoms in total. The largest absolute Gasteiger partial charge is 0.294 e. The zero-order chi connectivity index (χ0) is 36.9. The molecule has 234 valence electrons. The van der Waals surface area contributed by atoms with Gasteiger partial charge in [-0.15, -0.1) is 0 Å². The predicted molar refractivity (Wildman–Crippen MR) is 198 cm³/mol. The molecule has 0 unspecified atom stereocenters. The fourth-order valence-electron chi connectivity index (χ4n) is 4.16. The molecule has 0 aliphatic carbocycles. The van der Waals surface area contributed by atoms with Crippen LogP contribution in [0.3, 0.4) is 0 Å². The second kappa shape index (κ2) is 19.1. The molecule has 0 N–H and O–H groups in total. The molecule has 5 heteroatoms. The lowest BCUT2D eigenvalue weighted by Crippen LogP contribution is -2.02. The first-order valence-corrected chi connectivity index (χ1v) is 16.3. The summed E-state index contributed by atoms with van der Waals surface area (Å²) in [6.45, 7) is 0. The molecule has 0 spiro atoms. The Morgan fingerprint density at radius 1 is 0.383 bits per heavy atom. The standard InChI is InChI=1S/2C14H11BrO.C14H12O/c2*15-13-8-6-12(7-9-13)14(16)10-11-4-2-1-3-5-11;15-14(13-9-5-2-6-10-13)11-12-7-3-1-4-8-12/h2*1-9H,10H2;1-10H,11H2/i10D2;;11D2. The molecule has 0 amide bonds. The summed E-state index contributed by atoms with van der Waals surface area (Å²) >= 11 is 6.63. The number of halogens is 2. The number of rotatable bonds is 9. The van der Waals surface area contributed by atoms with Crippen molar-refractivity contribution >= 4 is 49.2 Å². The van der Waals surface area contributed by atoms with Gasteiger partial charge >= 0.3 is 0 Å². The van der Waals surface area contributed by atoms with Gasteiger partial charge in [-0.1, -0.05) is 177 Å². The van der Waals surface area contributed by atoms with E-state index >= 15 is 0 Å². The second-order valence-corrected chi connectivity index (χ2v) is 11.9. The van der Waals surface area contributed by atoms with Crippen LogP contribution in [0, 0.1) is 0 Å². The molecule has 0 aliphatic rings. The third kappa shape index (κ3) is 12.5. The van der Waals surface area contributed by atoms with Crippen molar-refractivity contribution in [3.05, 3.63) is 212 Å². The van der Waals surface area contributed by atoms with Crippen LogP contribution in [-0.4, -0.2) is 17.3 Å². The van der Waals surface area contributed by atoms with E-state index < -0.39 is 24.3 Å². The first-order valence-electron chi connectivity index (χ1n) is 16.7. The quantitative estimate of drug-likeness (QED) is 0.138. The predicted octanol–water partition coefficient (Wildman–Crippen LogP) is 10.9. The molecule has 0 radical (unpaired) electrons. The lowest BCUT2D eigenvalue weighted by Gasteiger charge is -2.01. The molecule has 0 bridgehead atoms. The van der Waals surface area contributed by atoms with Crippen LogP contribution in [0.15, 0.2) is 179 Å². The van der Waals surface area contributed by atoms with E-state index in [4.69, 9.17) is 5.48 Å². The maximum Gasteiger partial charge on any atom is 0.167 e. The Morgan fingerprint density at radius 2 is 0.681 bits per heavy atom. The number of benzene rings is 6. The van der Waals surface area contributed by atoms with Crippen molar-refractivity contribution in [2.75, 3.05) is 0 Å². The zero-order valence-electron chi connectivity index (χ0n) is 29.4. The first kappa shape index (κ1) is 29.7. The van der Waals surface area contributed by atoms with Crippen LogP contribution in [0.25, 0.3) is 0 Å². The van der Waals surface area contributed by atoms with Crippen molar-refractivity contribution in [1.29, 1.82) is 0 Å². The zero-order valence-corrected chi connectivity index (χ0v) is 28.5. The fourth-order valence-corrected chi connectivity index (χ4v) is 4.69. The van der Waals surface area contributed by atoms with E-state index in [2.05, 4.69) is 31.9 Å². The van der Waals surface area contributed by atoms with Gasteiger partial charge in [0.1, 0.15) is 0 Å². The number of carbonyl (C=O) groups excluding carboxylic acids is 3. The van der Waals surface area contributed by atoms with E-state index in [0.29, 0.717) is 28.7 Å². The summed E-state index contributed by atoms with van der Waals surface area (Å²) in [6.07, 6.45) is -3.53. The molecule has 47 heavy (non-hydrogen) atoms. The van der Waals surface area contributed by atoms with E-state index in [1.807, 2.05) is 54.6 Å². The van der Waals surface area contributed by atoms with Gasteiger partial charge in [-0.05, 0) is 41.0 Å². The highest BCUT2D eigenvalue weighted by molar-refractivity contribution is 9.10. The maximum atomic E-state index is 12.2. The van der Waals surface area contributed by atoms with Crippen molar-refractivity contribution in [3.63, 3.8) is 0 Å². The second-order valence-electron chi connectivity index (χ2n) is 10.1. The van der Waals surface area contributed by atoms with E-state index in [1.54, 1.807) is 115 Å². The van der Waals surface area contributed by atoms with Crippen LogP contribution in [0.1, 0.15) is 53.2 Å². The van der Waals surface area contributed by atoms with Gasteiger partial charge < -0.3 is 0 Å². The molecule has 6 aromatic carbocycles. The molecule has 0 heterocycles. The van der Waals surface area contributed by atoms with Gasteiger partial charge in [-0.3, -0.25) is 14.4 Å². The Hall–Kier alpha value is -4.71. The smallest absolute Gasteiger partial charge is 0.167 e. The summed E-state index contributed by atoms with van der Waals surface area (Å²) in [6, 6.07) is 49.5. The van der Waals surface area contributed by atoms with E-state index in [-0.39, 0.29) is 5.78 Å². The third-order valence-electron chi connectivity index (χ3n) is 6.58. The Labute approximate surface area is 299 Å². The summed E-state index contributed by atoms with van der Waals surface area (Å²) in [5.41, 5.74) is 3.32. The number of carbonyl (C=O) groups is 3.